The highest BCUT2D eigenvalue weighted by molar-refractivity contribution is 6.21. The maximum absolute atomic E-state index is 12.8. The fourth-order valence-electron chi connectivity index (χ4n) is 4.50. The summed E-state index contributed by atoms with van der Waals surface area (Å²) in [4.78, 5) is 58.6. The highest BCUT2D eigenvalue weighted by Crippen LogP contribution is 2.33. The molecule has 0 aliphatic carbocycles. The number of hydrogen-bond acceptors (Lipinski definition) is 7. The van der Waals surface area contributed by atoms with Gasteiger partial charge in [-0.3, -0.25) is 28.8 Å². The van der Waals surface area contributed by atoms with Crippen molar-refractivity contribution in [2.24, 2.45) is 0 Å². The molecular weight excluding hydrogens is 466 g/mol. The molecule has 0 unspecified atom stereocenters. The Kier molecular flexibility index (Phi) is 5.67. The van der Waals surface area contributed by atoms with Crippen molar-refractivity contribution in [1.82, 2.24) is 24.0 Å². The topological polar surface area (TPSA) is 129 Å². The largest absolute Gasteiger partial charge is 0.496 e. The van der Waals surface area contributed by atoms with E-state index in [2.05, 4.69) is 9.97 Å². The lowest BCUT2D eigenvalue weighted by molar-refractivity contribution is 0.0641. The number of nitrogens with one attached hydrogen (secondary N) is 1. The van der Waals surface area contributed by atoms with Crippen molar-refractivity contribution in [2.45, 2.75) is 26.6 Å². The van der Waals surface area contributed by atoms with Crippen molar-refractivity contribution in [3.63, 3.8) is 0 Å². The Morgan fingerprint density at radius 3 is 2.03 bits per heavy atom. The van der Waals surface area contributed by atoms with Gasteiger partial charge >= 0.3 is 5.69 Å². The maximum Gasteiger partial charge on any atom is 0.330 e. The Labute approximate surface area is 204 Å². The van der Waals surface area contributed by atoms with E-state index < -0.39 is 11.2 Å². The summed E-state index contributed by atoms with van der Waals surface area (Å²) in [6.07, 6.45) is 1.51. The number of carbonyl (C=O) groups excluding carboxylic acids is 2. The number of carbonyl (C=O) groups is 2. The molecule has 4 aromatic rings. The number of ether oxygens (including phenoxy) is 2. The van der Waals surface area contributed by atoms with Crippen molar-refractivity contribution >= 4 is 23.0 Å². The van der Waals surface area contributed by atoms with Crippen LogP contribution in [0, 0.1) is 0 Å². The number of methoxy groups -OCH3 is 2. The quantitative estimate of drug-likeness (QED) is 0.392. The molecule has 1 aliphatic rings. The molecule has 0 atom stereocenters. The van der Waals surface area contributed by atoms with E-state index >= 15 is 0 Å². The van der Waals surface area contributed by atoms with Crippen molar-refractivity contribution < 1.29 is 19.1 Å². The van der Waals surface area contributed by atoms with E-state index in [1.54, 1.807) is 41.0 Å². The summed E-state index contributed by atoms with van der Waals surface area (Å²) in [5.74, 6) is 0.0718. The molecular formula is C25H23N5O6. The highest BCUT2D eigenvalue weighted by Gasteiger charge is 2.35. The fraction of sp³-hybridized carbons (Fsp3) is 0.240. The van der Waals surface area contributed by atoms with E-state index in [0.717, 1.165) is 4.90 Å². The molecule has 0 radical (unpaired) electrons. The normalized spacial score (nSPS) is 12.9. The number of aromatic nitrogens is 4. The minimum absolute atomic E-state index is 0.0179. The lowest BCUT2D eigenvalue weighted by atomic mass is 10.1. The van der Waals surface area contributed by atoms with Gasteiger partial charge in [-0.15, -0.1) is 0 Å². The van der Waals surface area contributed by atoms with Gasteiger partial charge in [-0.05, 0) is 31.2 Å². The van der Waals surface area contributed by atoms with Gasteiger partial charge in [-0.1, -0.05) is 12.1 Å². The third-order valence-electron chi connectivity index (χ3n) is 6.31. The van der Waals surface area contributed by atoms with Crippen LogP contribution in [0.2, 0.25) is 0 Å². The van der Waals surface area contributed by atoms with E-state index in [9.17, 15) is 19.2 Å². The summed E-state index contributed by atoms with van der Waals surface area (Å²) in [7, 11) is 2.96. The zero-order chi connectivity index (χ0) is 25.6. The second kappa shape index (κ2) is 8.84. The molecule has 0 saturated heterocycles. The molecule has 0 fully saturated rings. The average molecular weight is 489 g/mol. The lowest BCUT2D eigenvalue weighted by Crippen LogP contribution is -2.31. The number of amides is 2. The summed E-state index contributed by atoms with van der Waals surface area (Å²) >= 11 is 0. The van der Waals surface area contributed by atoms with Crippen LogP contribution >= 0.6 is 0 Å². The van der Waals surface area contributed by atoms with Gasteiger partial charge in [0, 0.05) is 17.7 Å². The van der Waals surface area contributed by atoms with Crippen molar-refractivity contribution in [2.75, 3.05) is 14.2 Å². The number of H-pyrrole nitrogens is 1. The predicted molar refractivity (Wildman–Crippen MR) is 130 cm³/mol. The molecule has 2 aromatic heterocycles. The maximum atomic E-state index is 12.8. The molecule has 1 aliphatic heterocycles. The summed E-state index contributed by atoms with van der Waals surface area (Å²) in [5, 5.41) is 0. The molecule has 11 heteroatoms. The minimum atomic E-state index is -0.607. The van der Waals surface area contributed by atoms with Crippen LogP contribution in [-0.2, 0) is 19.6 Å². The molecule has 0 spiro atoms. The number of nitrogens with zero attached hydrogens (tertiary/aromatic N) is 4. The van der Waals surface area contributed by atoms with Crippen molar-refractivity contribution in [3.05, 3.63) is 85.8 Å². The van der Waals surface area contributed by atoms with Crippen LogP contribution in [0.25, 0.3) is 11.2 Å². The number of rotatable bonds is 7. The first-order valence-electron chi connectivity index (χ1n) is 11.2. The van der Waals surface area contributed by atoms with Crippen LogP contribution in [0.5, 0.6) is 11.5 Å². The zero-order valence-electron chi connectivity index (χ0n) is 19.9. The van der Waals surface area contributed by atoms with Gasteiger partial charge in [0.25, 0.3) is 17.4 Å². The molecule has 2 amide bonds. The molecule has 184 valence electrons. The van der Waals surface area contributed by atoms with Gasteiger partial charge in [0.2, 0.25) is 0 Å². The van der Waals surface area contributed by atoms with Gasteiger partial charge in [0.1, 0.15) is 11.5 Å². The third-order valence-corrected chi connectivity index (χ3v) is 6.31. The number of aryl methyl sites for hydroxylation is 1. The van der Waals surface area contributed by atoms with Crippen LogP contribution in [-0.4, -0.2) is 50.0 Å². The number of benzene rings is 2. The monoisotopic (exact) mass is 489 g/mol. The van der Waals surface area contributed by atoms with Crippen LogP contribution < -0.4 is 20.7 Å². The summed E-state index contributed by atoms with van der Waals surface area (Å²) in [6, 6.07) is 10.0. The smallest absolute Gasteiger partial charge is 0.330 e. The number of hydrogen-bond donors (Lipinski definition) is 1. The Hall–Kier alpha value is -4.67. The van der Waals surface area contributed by atoms with E-state index in [-0.39, 0.29) is 30.6 Å². The van der Waals surface area contributed by atoms with Crippen LogP contribution in [0.3, 0.4) is 0 Å². The standard InChI is InChI=1S/C25H23N5O6/c1-4-28-13-26-21-20(28)22(31)27-25(34)29(21)11-14-9-19(36-3)15(10-18(14)35-2)12-30-23(32)16-7-5-6-8-17(16)24(30)33/h5-10,13H,4,11-12H2,1-3H3,(H,27,31,34). The Morgan fingerprint density at radius 2 is 1.47 bits per heavy atom. The van der Waals surface area contributed by atoms with Gasteiger partial charge in [-0.2, -0.15) is 0 Å². The van der Waals surface area contributed by atoms with E-state index in [1.165, 1.54) is 25.1 Å². The molecule has 2 aromatic carbocycles. The highest BCUT2D eigenvalue weighted by atomic mass is 16.5. The summed E-state index contributed by atoms with van der Waals surface area (Å²) < 4.78 is 14.2. The van der Waals surface area contributed by atoms with Gasteiger partial charge in [0.15, 0.2) is 11.2 Å². The second-order valence-corrected chi connectivity index (χ2v) is 8.27. The Bertz CT molecular complexity index is 1610. The first-order chi connectivity index (χ1) is 17.4. The van der Waals surface area contributed by atoms with Gasteiger partial charge in [0.05, 0.1) is 44.8 Å². The van der Waals surface area contributed by atoms with E-state index in [1.807, 2.05) is 6.92 Å². The number of aromatic amines is 1. The van der Waals surface area contributed by atoms with Crippen LogP contribution in [0.15, 0.2) is 52.3 Å². The molecule has 0 bridgehead atoms. The third kappa shape index (κ3) is 3.56. The van der Waals surface area contributed by atoms with E-state index in [0.29, 0.717) is 45.8 Å². The SMILES string of the molecule is CCn1cnc2c1c(=O)[nH]c(=O)n2Cc1cc(OC)c(CN2C(=O)c3ccccc3C2=O)cc1OC. The van der Waals surface area contributed by atoms with Crippen LogP contribution in [0.4, 0.5) is 0 Å². The Morgan fingerprint density at radius 1 is 0.889 bits per heavy atom. The average Bonchev–Trinajstić information content (AvgIpc) is 3.42. The van der Waals surface area contributed by atoms with Gasteiger partial charge in [-0.25, -0.2) is 9.78 Å². The minimum Gasteiger partial charge on any atom is -0.496 e. The Balaban J connectivity index is 1.54. The molecule has 5 rings (SSSR count). The second-order valence-electron chi connectivity index (χ2n) is 8.27. The molecule has 36 heavy (non-hydrogen) atoms. The lowest BCUT2D eigenvalue weighted by Gasteiger charge is -2.19. The summed E-state index contributed by atoms with van der Waals surface area (Å²) in [6.45, 7) is 2.41. The van der Waals surface area contributed by atoms with Crippen LogP contribution in [0.1, 0.15) is 38.8 Å². The van der Waals surface area contributed by atoms with Gasteiger partial charge < -0.3 is 14.0 Å². The number of imidazole rings is 1. The van der Waals surface area contributed by atoms with E-state index in [4.69, 9.17) is 9.47 Å². The fourth-order valence-corrected chi connectivity index (χ4v) is 4.50. The molecule has 0 saturated carbocycles. The first-order valence-corrected chi connectivity index (χ1v) is 11.2. The van der Waals surface area contributed by atoms with Crippen molar-refractivity contribution in [3.8, 4) is 11.5 Å². The molecule has 1 N–H and O–H groups in total. The number of imide groups is 1. The summed E-state index contributed by atoms with van der Waals surface area (Å²) in [5.41, 5.74) is 1.29. The number of fused-ring (bicyclic) bond motifs is 2. The zero-order valence-corrected chi connectivity index (χ0v) is 19.9. The first kappa shape index (κ1) is 23.1. The predicted octanol–water partition coefficient (Wildman–Crippen LogP) is 1.77. The molecule has 3 heterocycles. The molecule has 11 nitrogen and oxygen atoms in total. The van der Waals surface area contributed by atoms with Crippen molar-refractivity contribution in [1.29, 1.82) is 0 Å².